The third-order valence-corrected chi connectivity index (χ3v) is 4.28. The van der Waals surface area contributed by atoms with Gasteiger partial charge in [0.1, 0.15) is 5.82 Å². The van der Waals surface area contributed by atoms with Gasteiger partial charge in [0, 0.05) is 17.5 Å². The molecule has 20 heavy (non-hydrogen) atoms. The molecule has 0 atom stereocenters. The standard InChI is InChI=1S/C13H8Br2FNO2S/c1-7(18)19-13(12-3-2-4-20-12)17-11-6-10(16)8(14)5-9(11)15/h2-6H,1H3. The number of carbonyl (C=O) groups is 1. The fraction of sp³-hybridized carbons (Fsp3) is 0.0769. The number of ether oxygens (including phenoxy) is 1. The maximum absolute atomic E-state index is 13.6. The van der Waals surface area contributed by atoms with Crippen LogP contribution < -0.4 is 0 Å². The molecule has 0 saturated heterocycles. The number of benzene rings is 1. The largest absolute Gasteiger partial charge is 0.406 e. The Labute approximate surface area is 135 Å². The van der Waals surface area contributed by atoms with Gasteiger partial charge in [-0.3, -0.25) is 4.79 Å². The lowest BCUT2D eigenvalue weighted by Gasteiger charge is -2.06. The Morgan fingerprint density at radius 3 is 2.70 bits per heavy atom. The minimum Gasteiger partial charge on any atom is -0.406 e. The first-order valence-corrected chi connectivity index (χ1v) is 7.89. The van der Waals surface area contributed by atoms with Crippen LogP contribution in [0.4, 0.5) is 10.1 Å². The number of nitrogens with zero attached hydrogens (tertiary/aromatic N) is 1. The highest BCUT2D eigenvalue weighted by Crippen LogP contribution is 2.32. The number of thiophene rings is 1. The molecular formula is C13H8Br2FNO2S. The Hall–Kier alpha value is -1.05. The molecule has 0 fully saturated rings. The molecular weight excluding hydrogens is 413 g/mol. The number of rotatable bonds is 2. The van der Waals surface area contributed by atoms with E-state index in [-0.39, 0.29) is 5.90 Å². The summed E-state index contributed by atoms with van der Waals surface area (Å²) in [5, 5.41) is 1.84. The maximum atomic E-state index is 13.6. The molecule has 0 radical (unpaired) electrons. The fourth-order valence-electron chi connectivity index (χ4n) is 1.37. The van der Waals surface area contributed by atoms with E-state index in [4.69, 9.17) is 4.74 Å². The Balaban J connectivity index is 2.48. The molecule has 1 heterocycles. The second-order valence-corrected chi connectivity index (χ2v) is 6.36. The number of aliphatic imine (C=N–C) groups is 1. The van der Waals surface area contributed by atoms with Gasteiger partial charge in [0.2, 0.25) is 5.90 Å². The average molecular weight is 421 g/mol. The summed E-state index contributed by atoms with van der Waals surface area (Å²) in [6.07, 6.45) is 0. The van der Waals surface area contributed by atoms with Gasteiger partial charge in [-0.05, 0) is 49.4 Å². The molecule has 0 saturated carbocycles. The molecule has 7 heteroatoms. The molecule has 0 spiro atoms. The zero-order chi connectivity index (χ0) is 14.7. The summed E-state index contributed by atoms with van der Waals surface area (Å²) in [7, 11) is 0. The normalized spacial score (nSPS) is 11.5. The van der Waals surface area contributed by atoms with Gasteiger partial charge >= 0.3 is 5.97 Å². The van der Waals surface area contributed by atoms with E-state index in [2.05, 4.69) is 36.9 Å². The zero-order valence-corrected chi connectivity index (χ0v) is 14.2. The summed E-state index contributed by atoms with van der Waals surface area (Å²) in [6, 6.07) is 6.39. The molecule has 0 amide bonds. The van der Waals surface area contributed by atoms with Crippen LogP contribution in [0.3, 0.4) is 0 Å². The summed E-state index contributed by atoms with van der Waals surface area (Å²) in [5.41, 5.74) is 0.343. The van der Waals surface area contributed by atoms with Crippen molar-refractivity contribution in [2.45, 2.75) is 6.92 Å². The van der Waals surface area contributed by atoms with Crippen LogP contribution in [-0.4, -0.2) is 11.9 Å². The van der Waals surface area contributed by atoms with Crippen molar-refractivity contribution in [2.24, 2.45) is 4.99 Å². The van der Waals surface area contributed by atoms with Gasteiger partial charge in [-0.25, -0.2) is 9.38 Å². The predicted octanol–water partition coefficient (Wildman–Crippen LogP) is 5.05. The van der Waals surface area contributed by atoms with E-state index in [0.29, 0.717) is 19.5 Å². The number of carbonyl (C=O) groups excluding carboxylic acids is 1. The molecule has 3 nitrogen and oxygen atoms in total. The van der Waals surface area contributed by atoms with E-state index < -0.39 is 11.8 Å². The highest BCUT2D eigenvalue weighted by molar-refractivity contribution is 9.11. The third kappa shape index (κ3) is 3.74. The Morgan fingerprint density at radius 2 is 2.10 bits per heavy atom. The highest BCUT2D eigenvalue weighted by atomic mass is 79.9. The van der Waals surface area contributed by atoms with Crippen molar-refractivity contribution in [1.82, 2.24) is 0 Å². The van der Waals surface area contributed by atoms with Crippen molar-refractivity contribution >= 4 is 60.8 Å². The molecule has 2 aromatic rings. The first kappa shape index (κ1) is 15.3. The molecule has 0 aliphatic carbocycles. The predicted molar refractivity (Wildman–Crippen MR) is 84.1 cm³/mol. The fourth-order valence-corrected chi connectivity index (χ4v) is 3.10. The molecule has 0 aliphatic heterocycles. The van der Waals surface area contributed by atoms with E-state index >= 15 is 0 Å². The number of halogens is 3. The summed E-state index contributed by atoms with van der Waals surface area (Å²) in [4.78, 5) is 16.1. The van der Waals surface area contributed by atoms with Crippen LogP contribution in [0.1, 0.15) is 11.8 Å². The van der Waals surface area contributed by atoms with Crippen LogP contribution >= 0.6 is 43.2 Å². The quantitative estimate of drug-likeness (QED) is 0.295. The lowest BCUT2D eigenvalue weighted by Crippen LogP contribution is -2.09. The van der Waals surface area contributed by atoms with Gasteiger partial charge in [-0.1, -0.05) is 6.07 Å². The van der Waals surface area contributed by atoms with Crippen LogP contribution in [0.5, 0.6) is 0 Å². The number of hydrogen-bond acceptors (Lipinski definition) is 4. The van der Waals surface area contributed by atoms with Crippen LogP contribution in [0.15, 0.2) is 43.6 Å². The van der Waals surface area contributed by atoms with Crippen molar-refractivity contribution in [3.63, 3.8) is 0 Å². The first-order chi connectivity index (χ1) is 9.47. The van der Waals surface area contributed by atoms with E-state index in [1.165, 1.54) is 24.3 Å². The smallest absolute Gasteiger partial charge is 0.309 e. The van der Waals surface area contributed by atoms with Gasteiger partial charge in [-0.15, -0.1) is 11.3 Å². The minimum absolute atomic E-state index is 0.148. The molecule has 0 bridgehead atoms. The Kier molecular flexibility index (Phi) is 5.06. The third-order valence-electron chi connectivity index (χ3n) is 2.18. The number of esters is 1. The van der Waals surface area contributed by atoms with Crippen LogP contribution in [0.2, 0.25) is 0 Å². The SMILES string of the molecule is CC(=O)OC(=Nc1cc(F)c(Br)cc1Br)c1cccs1. The molecule has 2 rings (SSSR count). The first-order valence-electron chi connectivity index (χ1n) is 5.43. The summed E-state index contributed by atoms with van der Waals surface area (Å²) in [6.45, 7) is 1.29. The van der Waals surface area contributed by atoms with Gasteiger partial charge < -0.3 is 4.74 Å². The molecule has 0 aliphatic rings. The van der Waals surface area contributed by atoms with Gasteiger partial charge in [0.15, 0.2) is 0 Å². The molecule has 0 unspecified atom stereocenters. The van der Waals surface area contributed by atoms with Crippen molar-refractivity contribution in [3.05, 3.63) is 49.3 Å². The summed E-state index contributed by atoms with van der Waals surface area (Å²) < 4.78 is 19.6. The molecule has 1 aromatic carbocycles. The maximum Gasteiger partial charge on any atom is 0.309 e. The minimum atomic E-state index is -0.481. The second kappa shape index (κ2) is 6.60. The van der Waals surface area contributed by atoms with Crippen LogP contribution in [-0.2, 0) is 9.53 Å². The number of hydrogen-bond donors (Lipinski definition) is 0. The Bertz CT molecular complexity index is 671. The van der Waals surface area contributed by atoms with E-state index in [9.17, 15) is 9.18 Å². The van der Waals surface area contributed by atoms with E-state index in [1.54, 1.807) is 12.1 Å². The van der Waals surface area contributed by atoms with Crippen molar-refractivity contribution < 1.29 is 13.9 Å². The highest BCUT2D eigenvalue weighted by Gasteiger charge is 2.12. The van der Waals surface area contributed by atoms with E-state index in [1.807, 2.05) is 11.4 Å². The monoisotopic (exact) mass is 419 g/mol. The van der Waals surface area contributed by atoms with Crippen molar-refractivity contribution in [1.29, 1.82) is 0 Å². The molecule has 0 N–H and O–H groups in total. The summed E-state index contributed by atoms with van der Waals surface area (Å²) in [5.74, 6) is -0.777. The van der Waals surface area contributed by atoms with Crippen molar-refractivity contribution in [2.75, 3.05) is 0 Å². The second-order valence-electron chi connectivity index (χ2n) is 3.71. The van der Waals surface area contributed by atoms with Gasteiger partial charge in [-0.2, -0.15) is 0 Å². The summed E-state index contributed by atoms with van der Waals surface area (Å²) >= 11 is 7.77. The van der Waals surface area contributed by atoms with Crippen LogP contribution in [0.25, 0.3) is 0 Å². The van der Waals surface area contributed by atoms with Crippen molar-refractivity contribution in [3.8, 4) is 0 Å². The molecule has 1 aromatic heterocycles. The van der Waals surface area contributed by atoms with Gasteiger partial charge in [0.05, 0.1) is 15.0 Å². The topological polar surface area (TPSA) is 38.7 Å². The lowest BCUT2D eigenvalue weighted by atomic mass is 10.3. The van der Waals surface area contributed by atoms with E-state index in [0.717, 1.165) is 0 Å². The Morgan fingerprint density at radius 1 is 1.35 bits per heavy atom. The van der Waals surface area contributed by atoms with Crippen LogP contribution in [0, 0.1) is 5.82 Å². The average Bonchev–Trinajstić information content (AvgIpc) is 2.88. The molecule has 104 valence electrons. The lowest BCUT2D eigenvalue weighted by molar-refractivity contribution is -0.132. The van der Waals surface area contributed by atoms with Gasteiger partial charge in [0.25, 0.3) is 0 Å². The zero-order valence-electron chi connectivity index (χ0n) is 10.2.